The molecule has 0 aliphatic heterocycles. The number of hydrogen-bond acceptors (Lipinski definition) is 3. The molecule has 1 aliphatic carbocycles. The molecule has 0 amide bonds. The third-order valence-corrected chi connectivity index (χ3v) is 4.64. The molecule has 0 spiro atoms. The molecule has 2 unspecified atom stereocenters. The number of methoxy groups -OCH3 is 1. The first-order chi connectivity index (χ1) is 10.1. The molecule has 21 heavy (non-hydrogen) atoms. The summed E-state index contributed by atoms with van der Waals surface area (Å²) in [5, 5.41) is 0. The summed E-state index contributed by atoms with van der Waals surface area (Å²) in [6, 6.07) is 3.45. The summed E-state index contributed by atoms with van der Waals surface area (Å²) in [7, 11) is 1.47. The Morgan fingerprint density at radius 1 is 1.29 bits per heavy atom. The predicted octanol–water partition coefficient (Wildman–Crippen LogP) is 3.91. The fourth-order valence-electron chi connectivity index (χ4n) is 3.48. The molecular formula is C16H22FN3O. The molecule has 2 N–H and O–H groups in total. The van der Waals surface area contributed by atoms with Gasteiger partial charge in [-0.15, -0.1) is 0 Å². The van der Waals surface area contributed by atoms with Gasteiger partial charge in [-0.05, 0) is 18.8 Å². The zero-order valence-corrected chi connectivity index (χ0v) is 12.6. The van der Waals surface area contributed by atoms with Gasteiger partial charge in [-0.1, -0.05) is 26.2 Å². The second-order valence-corrected chi connectivity index (χ2v) is 6.00. The maximum Gasteiger partial charge on any atom is 0.201 e. The Hall–Kier alpha value is -1.78. The average molecular weight is 291 g/mol. The zero-order chi connectivity index (χ0) is 15.0. The number of ether oxygens (including phenoxy) is 1. The van der Waals surface area contributed by atoms with Crippen LogP contribution in [0.4, 0.5) is 10.3 Å². The van der Waals surface area contributed by atoms with E-state index < -0.39 is 5.82 Å². The molecule has 1 saturated carbocycles. The molecule has 0 saturated heterocycles. The van der Waals surface area contributed by atoms with Crippen LogP contribution in [0, 0.1) is 11.7 Å². The van der Waals surface area contributed by atoms with Crippen molar-refractivity contribution in [2.75, 3.05) is 12.8 Å². The maximum absolute atomic E-state index is 13.8. The van der Waals surface area contributed by atoms with Crippen LogP contribution in [0.2, 0.25) is 0 Å². The van der Waals surface area contributed by atoms with Gasteiger partial charge in [0.05, 0.1) is 18.1 Å². The Labute approximate surface area is 124 Å². The maximum atomic E-state index is 13.8. The van der Waals surface area contributed by atoms with Crippen LogP contribution in [0.3, 0.4) is 0 Å². The highest BCUT2D eigenvalue weighted by Gasteiger charge is 2.25. The van der Waals surface area contributed by atoms with Crippen molar-refractivity contribution in [2.45, 2.75) is 45.1 Å². The molecule has 1 aromatic carbocycles. The van der Waals surface area contributed by atoms with Gasteiger partial charge < -0.3 is 15.0 Å². The van der Waals surface area contributed by atoms with E-state index in [1.54, 1.807) is 6.07 Å². The number of benzene rings is 1. The SMILES string of the molecule is COc1cc2c(cc1F)nc(N)n2C1CCCCCC1C. The molecule has 0 radical (unpaired) electrons. The normalized spacial score (nSPS) is 23.2. The number of rotatable bonds is 2. The van der Waals surface area contributed by atoms with Gasteiger partial charge in [-0.3, -0.25) is 0 Å². The van der Waals surface area contributed by atoms with E-state index in [-0.39, 0.29) is 5.75 Å². The number of imidazole rings is 1. The van der Waals surface area contributed by atoms with Crippen molar-refractivity contribution < 1.29 is 9.13 Å². The number of nitrogen functional groups attached to an aromatic ring is 1. The van der Waals surface area contributed by atoms with Gasteiger partial charge >= 0.3 is 0 Å². The topological polar surface area (TPSA) is 53.1 Å². The van der Waals surface area contributed by atoms with E-state index in [0.717, 1.165) is 11.9 Å². The lowest BCUT2D eigenvalue weighted by Gasteiger charge is -2.24. The Bertz CT molecular complexity index is 652. The summed E-state index contributed by atoms with van der Waals surface area (Å²) in [6.07, 6.45) is 6.03. The van der Waals surface area contributed by atoms with E-state index in [1.807, 2.05) is 0 Å². The second-order valence-electron chi connectivity index (χ2n) is 6.00. The summed E-state index contributed by atoms with van der Waals surface area (Å²) >= 11 is 0. The van der Waals surface area contributed by atoms with Crippen LogP contribution < -0.4 is 10.5 Å². The van der Waals surface area contributed by atoms with E-state index in [9.17, 15) is 4.39 Å². The molecule has 1 heterocycles. The van der Waals surface area contributed by atoms with Crippen molar-refractivity contribution >= 4 is 17.0 Å². The lowest BCUT2D eigenvalue weighted by atomic mass is 9.96. The van der Waals surface area contributed by atoms with Crippen LogP contribution in [0.5, 0.6) is 5.75 Å². The minimum absolute atomic E-state index is 0.241. The molecule has 0 bridgehead atoms. The van der Waals surface area contributed by atoms with E-state index in [4.69, 9.17) is 10.5 Å². The third kappa shape index (κ3) is 2.45. The van der Waals surface area contributed by atoms with Crippen LogP contribution in [0.1, 0.15) is 45.1 Å². The highest BCUT2D eigenvalue weighted by Crippen LogP contribution is 2.37. The van der Waals surface area contributed by atoms with Gasteiger partial charge in [0.25, 0.3) is 0 Å². The smallest absolute Gasteiger partial charge is 0.201 e. The van der Waals surface area contributed by atoms with Gasteiger partial charge in [0.15, 0.2) is 11.6 Å². The van der Waals surface area contributed by atoms with Crippen LogP contribution in [0.15, 0.2) is 12.1 Å². The fraction of sp³-hybridized carbons (Fsp3) is 0.562. The van der Waals surface area contributed by atoms with Crippen molar-refractivity contribution in [2.24, 2.45) is 5.92 Å². The Morgan fingerprint density at radius 2 is 2.05 bits per heavy atom. The molecule has 1 aromatic heterocycles. The molecule has 4 nitrogen and oxygen atoms in total. The van der Waals surface area contributed by atoms with Gasteiger partial charge in [0.1, 0.15) is 0 Å². The minimum atomic E-state index is -0.399. The summed E-state index contributed by atoms with van der Waals surface area (Å²) < 4.78 is 21.0. The number of nitrogens with two attached hydrogens (primary N) is 1. The highest BCUT2D eigenvalue weighted by molar-refractivity contribution is 5.80. The number of fused-ring (bicyclic) bond motifs is 1. The number of anilines is 1. The van der Waals surface area contributed by atoms with Crippen molar-refractivity contribution in [3.63, 3.8) is 0 Å². The molecular weight excluding hydrogens is 269 g/mol. The molecule has 3 rings (SSSR count). The van der Waals surface area contributed by atoms with Gasteiger partial charge in [-0.2, -0.15) is 0 Å². The molecule has 1 aliphatic rings. The van der Waals surface area contributed by atoms with E-state index in [1.165, 1.54) is 38.9 Å². The Morgan fingerprint density at radius 3 is 2.81 bits per heavy atom. The zero-order valence-electron chi connectivity index (χ0n) is 12.6. The fourth-order valence-corrected chi connectivity index (χ4v) is 3.48. The first-order valence-electron chi connectivity index (χ1n) is 7.62. The van der Waals surface area contributed by atoms with Crippen LogP contribution in [-0.2, 0) is 0 Å². The van der Waals surface area contributed by atoms with Gasteiger partial charge in [0, 0.05) is 18.2 Å². The van der Waals surface area contributed by atoms with Gasteiger partial charge in [-0.25, -0.2) is 9.37 Å². The Balaban J connectivity index is 2.14. The summed E-state index contributed by atoms with van der Waals surface area (Å²) in [5.74, 6) is 0.855. The lowest BCUT2D eigenvalue weighted by molar-refractivity contribution is 0.343. The average Bonchev–Trinajstić information content (AvgIpc) is 2.62. The third-order valence-electron chi connectivity index (χ3n) is 4.64. The molecule has 1 fully saturated rings. The highest BCUT2D eigenvalue weighted by atomic mass is 19.1. The van der Waals surface area contributed by atoms with Crippen molar-refractivity contribution in [3.05, 3.63) is 17.9 Å². The molecule has 2 aromatic rings. The summed E-state index contributed by atoms with van der Waals surface area (Å²) in [6.45, 7) is 2.27. The first kappa shape index (κ1) is 14.2. The number of aromatic nitrogens is 2. The summed E-state index contributed by atoms with van der Waals surface area (Å²) in [4.78, 5) is 4.33. The van der Waals surface area contributed by atoms with Gasteiger partial charge in [0.2, 0.25) is 5.95 Å². The van der Waals surface area contributed by atoms with Crippen LogP contribution in [0.25, 0.3) is 11.0 Å². The van der Waals surface area contributed by atoms with E-state index >= 15 is 0 Å². The predicted molar refractivity (Wildman–Crippen MR) is 81.9 cm³/mol. The van der Waals surface area contributed by atoms with Crippen LogP contribution in [-0.4, -0.2) is 16.7 Å². The minimum Gasteiger partial charge on any atom is -0.494 e. The second kappa shape index (κ2) is 5.54. The Kier molecular flexibility index (Phi) is 3.74. The first-order valence-corrected chi connectivity index (χ1v) is 7.62. The van der Waals surface area contributed by atoms with Crippen LogP contribution >= 0.6 is 0 Å². The molecule has 114 valence electrons. The molecule has 2 atom stereocenters. The monoisotopic (exact) mass is 291 g/mol. The number of halogens is 1. The lowest BCUT2D eigenvalue weighted by Crippen LogP contribution is -2.18. The quantitative estimate of drug-likeness (QED) is 0.854. The van der Waals surface area contributed by atoms with Crippen molar-refractivity contribution in [1.82, 2.24) is 9.55 Å². The number of hydrogen-bond donors (Lipinski definition) is 1. The van der Waals surface area contributed by atoms with Crippen molar-refractivity contribution in [1.29, 1.82) is 0 Å². The largest absolute Gasteiger partial charge is 0.494 e. The molecule has 5 heteroatoms. The van der Waals surface area contributed by atoms with E-state index in [0.29, 0.717) is 23.4 Å². The van der Waals surface area contributed by atoms with E-state index in [2.05, 4.69) is 16.5 Å². The summed E-state index contributed by atoms with van der Waals surface area (Å²) in [5.41, 5.74) is 7.59. The standard InChI is InChI=1S/C16H22FN3O/c1-10-6-4-3-5-7-13(10)20-14-9-15(21-2)11(17)8-12(14)19-16(20)18/h8-10,13H,3-7H2,1-2H3,(H2,18,19). The van der Waals surface area contributed by atoms with Crippen molar-refractivity contribution in [3.8, 4) is 5.75 Å². The number of nitrogens with zero attached hydrogens (tertiary/aromatic N) is 2.